The zero-order valence-electron chi connectivity index (χ0n) is 18.3. The van der Waals surface area contributed by atoms with Crippen molar-refractivity contribution in [2.75, 3.05) is 26.7 Å². The third-order valence-corrected chi connectivity index (χ3v) is 6.96. The summed E-state index contributed by atoms with van der Waals surface area (Å²) in [6.07, 6.45) is -1.04. The van der Waals surface area contributed by atoms with Crippen molar-refractivity contribution in [1.82, 2.24) is 10.2 Å². The lowest BCUT2D eigenvalue weighted by Crippen LogP contribution is -2.37. The number of para-hydroxylation sites is 1. The van der Waals surface area contributed by atoms with Crippen LogP contribution in [-0.2, 0) is 23.9 Å². The van der Waals surface area contributed by atoms with Crippen LogP contribution in [0.3, 0.4) is 0 Å². The molecule has 1 N–H and O–H groups in total. The summed E-state index contributed by atoms with van der Waals surface area (Å²) in [6.45, 7) is 2.29. The second-order valence-electron chi connectivity index (χ2n) is 8.90. The van der Waals surface area contributed by atoms with Crippen LogP contribution < -0.4 is 10.1 Å². The van der Waals surface area contributed by atoms with E-state index in [1.807, 2.05) is 24.3 Å². The van der Waals surface area contributed by atoms with Crippen LogP contribution in [0.5, 0.6) is 5.75 Å². The van der Waals surface area contributed by atoms with Crippen LogP contribution in [0.15, 0.2) is 48.5 Å². The molecule has 1 heterocycles. The normalized spacial score (nSPS) is 20.2. The highest BCUT2D eigenvalue weighted by molar-refractivity contribution is 5.82. The first-order valence-corrected chi connectivity index (χ1v) is 11.1. The van der Waals surface area contributed by atoms with Crippen LogP contribution in [0.1, 0.15) is 36.0 Å². The molecular formula is C25H29F3N2O2. The third-order valence-electron chi connectivity index (χ3n) is 6.96. The largest absolute Gasteiger partial charge is 0.496 e. The Labute approximate surface area is 186 Å². The van der Waals surface area contributed by atoms with Crippen molar-refractivity contribution in [3.63, 3.8) is 0 Å². The molecule has 1 aliphatic carbocycles. The van der Waals surface area contributed by atoms with E-state index in [1.165, 1.54) is 6.07 Å². The highest BCUT2D eigenvalue weighted by Gasteiger charge is 2.58. The number of carbonyl (C=O) groups is 1. The second-order valence-corrected chi connectivity index (χ2v) is 8.90. The molecule has 2 aliphatic rings. The van der Waals surface area contributed by atoms with Crippen molar-refractivity contribution in [3.8, 4) is 5.75 Å². The number of piperidine rings is 1. The SMILES string of the molecule is COc1ccccc1CCNC(=O)C1CC12CCN(Cc1ccccc1C(F)(F)F)CC2. The number of ether oxygens (including phenoxy) is 1. The highest BCUT2D eigenvalue weighted by Crippen LogP contribution is 2.59. The molecule has 1 spiro atoms. The number of methoxy groups -OCH3 is 1. The topological polar surface area (TPSA) is 41.6 Å². The van der Waals surface area contributed by atoms with E-state index in [2.05, 4.69) is 10.2 Å². The van der Waals surface area contributed by atoms with Gasteiger partial charge in [-0.2, -0.15) is 13.2 Å². The predicted octanol–water partition coefficient (Wildman–Crippen LogP) is 4.68. The van der Waals surface area contributed by atoms with Crippen molar-refractivity contribution in [2.24, 2.45) is 11.3 Å². The number of amides is 1. The van der Waals surface area contributed by atoms with Gasteiger partial charge in [-0.05, 0) is 67.4 Å². The summed E-state index contributed by atoms with van der Waals surface area (Å²) in [5.41, 5.74) is 0.846. The monoisotopic (exact) mass is 446 g/mol. The predicted molar refractivity (Wildman–Crippen MR) is 116 cm³/mol. The zero-order chi connectivity index (χ0) is 22.8. The number of carbonyl (C=O) groups excluding carboxylic acids is 1. The molecule has 4 rings (SSSR count). The van der Waals surface area contributed by atoms with Gasteiger partial charge in [-0.3, -0.25) is 9.69 Å². The number of hydrogen-bond acceptors (Lipinski definition) is 3. The van der Waals surface area contributed by atoms with E-state index in [-0.39, 0.29) is 17.2 Å². The van der Waals surface area contributed by atoms with Gasteiger partial charge in [-0.25, -0.2) is 0 Å². The van der Waals surface area contributed by atoms with Crippen molar-refractivity contribution in [2.45, 2.75) is 38.4 Å². The molecule has 2 aromatic carbocycles. The first kappa shape index (κ1) is 22.6. The Bertz CT molecular complexity index is 952. The van der Waals surface area contributed by atoms with Gasteiger partial charge in [0.1, 0.15) is 5.75 Å². The van der Waals surface area contributed by atoms with E-state index >= 15 is 0 Å². The van der Waals surface area contributed by atoms with Crippen LogP contribution in [0.4, 0.5) is 13.2 Å². The molecule has 0 radical (unpaired) electrons. The molecule has 2 aromatic rings. The van der Waals surface area contributed by atoms with Crippen LogP contribution >= 0.6 is 0 Å². The fourth-order valence-electron chi connectivity index (χ4n) is 4.96. The number of rotatable bonds is 7. The van der Waals surface area contributed by atoms with Gasteiger partial charge in [-0.15, -0.1) is 0 Å². The van der Waals surface area contributed by atoms with E-state index in [0.717, 1.165) is 49.7 Å². The minimum atomic E-state index is -4.34. The number of likely N-dealkylation sites (tertiary alicyclic amines) is 1. The Morgan fingerprint density at radius 1 is 1.09 bits per heavy atom. The second kappa shape index (κ2) is 9.14. The summed E-state index contributed by atoms with van der Waals surface area (Å²) < 4.78 is 45.1. The Morgan fingerprint density at radius 3 is 2.44 bits per heavy atom. The molecule has 1 saturated carbocycles. The van der Waals surface area contributed by atoms with Crippen LogP contribution in [0.25, 0.3) is 0 Å². The Balaban J connectivity index is 1.25. The maximum Gasteiger partial charge on any atom is 0.416 e. The van der Waals surface area contributed by atoms with Crippen LogP contribution in [-0.4, -0.2) is 37.6 Å². The number of alkyl halides is 3. The molecule has 1 unspecified atom stereocenters. The van der Waals surface area contributed by atoms with Gasteiger partial charge in [0.25, 0.3) is 0 Å². The first-order chi connectivity index (χ1) is 15.3. The average Bonchev–Trinajstić information content (AvgIpc) is 3.49. The molecule has 0 bridgehead atoms. The molecule has 7 heteroatoms. The van der Waals surface area contributed by atoms with Gasteiger partial charge >= 0.3 is 6.18 Å². The number of nitrogens with one attached hydrogen (secondary N) is 1. The maximum atomic E-state index is 13.3. The molecule has 1 saturated heterocycles. The van der Waals surface area contributed by atoms with Gasteiger partial charge in [0.05, 0.1) is 12.7 Å². The van der Waals surface area contributed by atoms with E-state index in [9.17, 15) is 18.0 Å². The standard InChI is InChI=1S/C25H29F3N2O2/c1-32-22-9-5-3-6-18(22)10-13-29-23(31)21-16-24(21)11-14-30(15-12-24)17-19-7-2-4-8-20(19)25(26,27)28/h2-9,21H,10-17H2,1H3,(H,29,31). The number of halogens is 3. The summed E-state index contributed by atoms with van der Waals surface area (Å²) in [5.74, 6) is 0.935. The molecule has 32 heavy (non-hydrogen) atoms. The van der Waals surface area contributed by atoms with Gasteiger partial charge < -0.3 is 10.1 Å². The zero-order valence-corrected chi connectivity index (χ0v) is 18.3. The van der Waals surface area contributed by atoms with Gasteiger partial charge in [-0.1, -0.05) is 36.4 Å². The van der Waals surface area contributed by atoms with E-state index in [0.29, 0.717) is 25.1 Å². The average molecular weight is 447 g/mol. The van der Waals surface area contributed by atoms with Crippen LogP contribution in [0.2, 0.25) is 0 Å². The molecule has 172 valence electrons. The van der Waals surface area contributed by atoms with Gasteiger partial charge in [0.2, 0.25) is 5.91 Å². The molecule has 1 atom stereocenters. The lowest BCUT2D eigenvalue weighted by atomic mass is 9.90. The van der Waals surface area contributed by atoms with E-state index in [4.69, 9.17) is 4.74 Å². The first-order valence-electron chi connectivity index (χ1n) is 11.1. The Kier molecular flexibility index (Phi) is 6.47. The Hall–Kier alpha value is -2.54. The lowest BCUT2D eigenvalue weighted by Gasteiger charge is -2.33. The quantitative estimate of drug-likeness (QED) is 0.672. The van der Waals surface area contributed by atoms with Gasteiger partial charge in [0.15, 0.2) is 0 Å². The molecule has 0 aromatic heterocycles. The van der Waals surface area contributed by atoms with Crippen molar-refractivity contribution < 1.29 is 22.7 Å². The summed E-state index contributed by atoms with van der Waals surface area (Å²) in [5, 5.41) is 3.06. The fraction of sp³-hybridized carbons (Fsp3) is 0.480. The smallest absolute Gasteiger partial charge is 0.416 e. The summed E-state index contributed by atoms with van der Waals surface area (Å²) in [6, 6.07) is 13.6. The van der Waals surface area contributed by atoms with Crippen molar-refractivity contribution in [1.29, 1.82) is 0 Å². The third kappa shape index (κ3) is 4.93. The lowest BCUT2D eigenvalue weighted by molar-refractivity contribution is -0.138. The number of benzene rings is 2. The minimum absolute atomic E-state index is 0.0183. The molecule has 1 amide bonds. The summed E-state index contributed by atoms with van der Waals surface area (Å²) in [4.78, 5) is 14.7. The maximum absolute atomic E-state index is 13.3. The van der Waals surface area contributed by atoms with Crippen molar-refractivity contribution >= 4 is 5.91 Å². The molecule has 1 aliphatic heterocycles. The Morgan fingerprint density at radius 2 is 1.75 bits per heavy atom. The van der Waals surface area contributed by atoms with E-state index < -0.39 is 11.7 Å². The van der Waals surface area contributed by atoms with E-state index in [1.54, 1.807) is 19.2 Å². The minimum Gasteiger partial charge on any atom is -0.496 e. The van der Waals surface area contributed by atoms with Crippen LogP contribution in [0, 0.1) is 11.3 Å². The summed E-state index contributed by atoms with van der Waals surface area (Å²) in [7, 11) is 1.64. The highest BCUT2D eigenvalue weighted by atomic mass is 19.4. The molecule has 4 nitrogen and oxygen atoms in total. The van der Waals surface area contributed by atoms with Crippen molar-refractivity contribution in [3.05, 3.63) is 65.2 Å². The number of hydrogen-bond donors (Lipinski definition) is 1. The number of nitrogens with zero attached hydrogens (tertiary/aromatic N) is 1. The van der Waals surface area contributed by atoms with Gasteiger partial charge in [0, 0.05) is 19.0 Å². The molecule has 2 fully saturated rings. The molecular weight excluding hydrogens is 417 g/mol. The summed E-state index contributed by atoms with van der Waals surface area (Å²) >= 11 is 0. The fourth-order valence-corrected chi connectivity index (χ4v) is 4.96.